The highest BCUT2D eigenvalue weighted by atomic mass is 14.1. The summed E-state index contributed by atoms with van der Waals surface area (Å²) in [5.41, 5.74) is 0. The zero-order valence-electron chi connectivity index (χ0n) is 24.1. The minimum Gasteiger partial charge on any atom is -0.0654 e. The fourth-order valence-electron chi connectivity index (χ4n) is 5.47. The minimum atomic E-state index is 1.04. The molecule has 0 heterocycles. The topological polar surface area (TPSA) is 0 Å². The predicted octanol–water partition coefficient (Wildman–Crippen LogP) is 13.0. The van der Waals surface area contributed by atoms with Crippen LogP contribution in [0.15, 0.2) is 0 Å². The largest absolute Gasteiger partial charge is 0.0654 e. The summed E-state index contributed by atoms with van der Waals surface area (Å²) in [6.45, 7) is 6.99. The molecule has 0 aromatic heterocycles. The summed E-state index contributed by atoms with van der Waals surface area (Å²) in [5, 5.41) is 0. The van der Waals surface area contributed by atoms with Crippen molar-refractivity contribution in [3.05, 3.63) is 0 Å². The molecule has 33 heavy (non-hydrogen) atoms. The van der Waals surface area contributed by atoms with Crippen LogP contribution in [-0.4, -0.2) is 0 Å². The first-order valence-electron chi connectivity index (χ1n) is 16.3. The van der Waals surface area contributed by atoms with Crippen LogP contribution in [0.2, 0.25) is 0 Å². The van der Waals surface area contributed by atoms with Crippen molar-refractivity contribution in [2.75, 3.05) is 0 Å². The maximum Gasteiger partial charge on any atom is -0.0414 e. The van der Waals surface area contributed by atoms with E-state index in [1.165, 1.54) is 186 Å². The average molecular weight is 465 g/mol. The van der Waals surface area contributed by atoms with Crippen molar-refractivity contribution in [3.8, 4) is 0 Å². The summed E-state index contributed by atoms with van der Waals surface area (Å²) < 4.78 is 0. The lowest BCUT2D eigenvalue weighted by atomic mass is 9.90. The normalized spacial score (nSPS) is 12.5. The fraction of sp³-hybridized carbons (Fsp3) is 1.00. The molecule has 0 amide bonds. The van der Waals surface area contributed by atoms with Crippen molar-refractivity contribution in [1.82, 2.24) is 0 Å². The molecule has 0 aliphatic rings. The molecule has 0 aromatic carbocycles. The molecular weight excluding hydrogens is 396 g/mol. The molecule has 0 rings (SSSR count). The van der Waals surface area contributed by atoms with E-state index in [-0.39, 0.29) is 0 Å². The van der Waals surface area contributed by atoms with E-state index in [1.807, 2.05) is 0 Å². The van der Waals surface area contributed by atoms with Crippen LogP contribution in [0.25, 0.3) is 0 Å². The SMILES string of the molecule is CCCCCCCCCCCCCCCC(CCCC)CCCCCCCCCCCCC. The highest BCUT2D eigenvalue weighted by molar-refractivity contribution is 4.61. The summed E-state index contributed by atoms with van der Waals surface area (Å²) in [4.78, 5) is 0. The van der Waals surface area contributed by atoms with E-state index < -0.39 is 0 Å². The minimum absolute atomic E-state index is 1.04. The van der Waals surface area contributed by atoms with Gasteiger partial charge in [0.2, 0.25) is 0 Å². The van der Waals surface area contributed by atoms with E-state index >= 15 is 0 Å². The lowest BCUT2D eigenvalue weighted by molar-refractivity contribution is 0.370. The molecule has 1 atom stereocenters. The first-order valence-corrected chi connectivity index (χ1v) is 16.3. The number of unbranched alkanes of at least 4 members (excludes halogenated alkanes) is 23. The maximum atomic E-state index is 2.37. The van der Waals surface area contributed by atoms with Crippen LogP contribution in [-0.2, 0) is 0 Å². The zero-order chi connectivity index (χ0) is 24.1. The molecule has 0 aliphatic heterocycles. The second-order valence-corrected chi connectivity index (χ2v) is 11.4. The van der Waals surface area contributed by atoms with Gasteiger partial charge in [-0.05, 0) is 5.92 Å². The Balaban J connectivity index is 3.49. The summed E-state index contributed by atoms with van der Waals surface area (Å²) in [6.07, 6.45) is 42.8. The molecule has 0 saturated heterocycles. The Morgan fingerprint density at radius 2 is 0.455 bits per heavy atom. The first-order chi connectivity index (χ1) is 16.3. The number of hydrogen-bond acceptors (Lipinski definition) is 0. The molecule has 0 heteroatoms. The van der Waals surface area contributed by atoms with Gasteiger partial charge in [-0.3, -0.25) is 0 Å². The van der Waals surface area contributed by atoms with Crippen LogP contribution < -0.4 is 0 Å². The van der Waals surface area contributed by atoms with Gasteiger partial charge in [0.15, 0.2) is 0 Å². The third-order valence-electron chi connectivity index (χ3n) is 7.90. The number of hydrogen-bond donors (Lipinski definition) is 0. The Morgan fingerprint density at radius 1 is 0.242 bits per heavy atom. The van der Waals surface area contributed by atoms with Crippen LogP contribution in [0, 0.1) is 5.92 Å². The van der Waals surface area contributed by atoms with Crippen molar-refractivity contribution in [1.29, 1.82) is 0 Å². The lowest BCUT2D eigenvalue weighted by Gasteiger charge is -2.16. The van der Waals surface area contributed by atoms with Gasteiger partial charge in [0.05, 0.1) is 0 Å². The predicted molar refractivity (Wildman–Crippen MR) is 154 cm³/mol. The van der Waals surface area contributed by atoms with Gasteiger partial charge in [0.25, 0.3) is 0 Å². The Kier molecular flexibility index (Phi) is 30.0. The molecule has 1 unspecified atom stereocenters. The van der Waals surface area contributed by atoms with Gasteiger partial charge in [-0.1, -0.05) is 207 Å². The Morgan fingerprint density at radius 3 is 0.727 bits per heavy atom. The molecule has 0 aliphatic carbocycles. The Bertz CT molecular complexity index is 320. The third-order valence-corrected chi connectivity index (χ3v) is 7.90. The van der Waals surface area contributed by atoms with E-state index in [0.29, 0.717) is 0 Å². The van der Waals surface area contributed by atoms with Gasteiger partial charge in [0, 0.05) is 0 Å². The molecule has 200 valence electrons. The monoisotopic (exact) mass is 465 g/mol. The molecule has 0 spiro atoms. The second-order valence-electron chi connectivity index (χ2n) is 11.4. The molecule has 0 bridgehead atoms. The van der Waals surface area contributed by atoms with Crippen molar-refractivity contribution < 1.29 is 0 Å². The van der Waals surface area contributed by atoms with Gasteiger partial charge >= 0.3 is 0 Å². The zero-order valence-corrected chi connectivity index (χ0v) is 24.1. The number of rotatable bonds is 29. The van der Waals surface area contributed by atoms with Gasteiger partial charge in [-0.2, -0.15) is 0 Å². The average Bonchev–Trinajstić information content (AvgIpc) is 2.83. The van der Waals surface area contributed by atoms with Gasteiger partial charge in [-0.15, -0.1) is 0 Å². The highest BCUT2D eigenvalue weighted by Gasteiger charge is 2.08. The van der Waals surface area contributed by atoms with Crippen LogP contribution in [0.4, 0.5) is 0 Å². The Hall–Kier alpha value is 0. The van der Waals surface area contributed by atoms with Gasteiger partial charge < -0.3 is 0 Å². The van der Waals surface area contributed by atoms with Crippen molar-refractivity contribution >= 4 is 0 Å². The maximum absolute atomic E-state index is 2.37. The molecule has 0 fully saturated rings. The van der Waals surface area contributed by atoms with Gasteiger partial charge in [0.1, 0.15) is 0 Å². The van der Waals surface area contributed by atoms with Crippen LogP contribution in [0.1, 0.15) is 207 Å². The molecule has 0 nitrogen and oxygen atoms in total. The van der Waals surface area contributed by atoms with E-state index in [1.54, 1.807) is 0 Å². The summed E-state index contributed by atoms with van der Waals surface area (Å²) in [7, 11) is 0. The second kappa shape index (κ2) is 30.0. The quantitative estimate of drug-likeness (QED) is 0.0965. The smallest absolute Gasteiger partial charge is 0.0414 e. The van der Waals surface area contributed by atoms with Crippen molar-refractivity contribution in [2.45, 2.75) is 207 Å². The molecule has 0 radical (unpaired) electrons. The van der Waals surface area contributed by atoms with Crippen LogP contribution in [0.5, 0.6) is 0 Å². The van der Waals surface area contributed by atoms with Crippen LogP contribution in [0.3, 0.4) is 0 Å². The van der Waals surface area contributed by atoms with Crippen molar-refractivity contribution in [2.24, 2.45) is 5.92 Å². The summed E-state index contributed by atoms with van der Waals surface area (Å²) in [5.74, 6) is 1.04. The van der Waals surface area contributed by atoms with E-state index in [9.17, 15) is 0 Å². The Labute approximate surface area is 212 Å². The highest BCUT2D eigenvalue weighted by Crippen LogP contribution is 2.24. The standard InChI is InChI=1S/C33H68/c1-4-7-10-12-14-16-18-19-21-23-25-27-29-32-33(30-9-6-3)31-28-26-24-22-20-17-15-13-11-8-5-2/h33H,4-32H2,1-3H3. The first kappa shape index (κ1) is 33.0. The summed E-state index contributed by atoms with van der Waals surface area (Å²) in [6, 6.07) is 0. The molecular formula is C33H68. The molecule has 0 N–H and O–H groups in total. The lowest BCUT2D eigenvalue weighted by Crippen LogP contribution is -2.01. The van der Waals surface area contributed by atoms with Crippen molar-refractivity contribution in [3.63, 3.8) is 0 Å². The molecule has 0 saturated carbocycles. The van der Waals surface area contributed by atoms with Gasteiger partial charge in [-0.25, -0.2) is 0 Å². The summed E-state index contributed by atoms with van der Waals surface area (Å²) >= 11 is 0. The van der Waals surface area contributed by atoms with E-state index in [0.717, 1.165) is 5.92 Å². The van der Waals surface area contributed by atoms with E-state index in [2.05, 4.69) is 20.8 Å². The fourth-order valence-corrected chi connectivity index (χ4v) is 5.47. The third kappa shape index (κ3) is 28.1. The van der Waals surface area contributed by atoms with Crippen LogP contribution >= 0.6 is 0 Å². The van der Waals surface area contributed by atoms with E-state index in [4.69, 9.17) is 0 Å². The molecule has 0 aromatic rings.